The Hall–Kier alpha value is -8.46. The minimum absolute atomic E-state index is 0.0441. The second-order valence-corrected chi connectivity index (χ2v) is 17.1. The topological polar surface area (TPSA) is 189 Å². The number of phenols is 1. The second-order valence-electron chi connectivity index (χ2n) is 17.1. The van der Waals surface area contributed by atoms with Gasteiger partial charge in [-0.3, -0.25) is 9.59 Å². The summed E-state index contributed by atoms with van der Waals surface area (Å²) in [7, 11) is 4.96. The Morgan fingerprint density at radius 1 is 0.730 bits per heavy atom. The van der Waals surface area contributed by atoms with Crippen LogP contribution in [0.3, 0.4) is 0 Å². The molecule has 3 aromatic heterocycles. The number of aromatic hydroxyl groups is 1. The highest BCUT2D eigenvalue weighted by Crippen LogP contribution is 2.34. The first-order valence-corrected chi connectivity index (χ1v) is 24.2. The Bertz CT molecular complexity index is 3080. The number of benzene rings is 5. The molecule has 1 amide bonds. The van der Waals surface area contributed by atoms with Crippen LogP contribution in [0.2, 0.25) is 0 Å². The number of carbonyl (C=O) groups excluding carboxylic acids is 2. The number of aldehydes is 1. The van der Waals surface area contributed by atoms with Crippen molar-refractivity contribution < 1.29 is 42.8 Å². The molecule has 9 rings (SSSR count). The van der Waals surface area contributed by atoms with Crippen LogP contribution in [0, 0.1) is 0 Å². The SMILES string of the molecule is C=CCc1c(C=O)cccc1OC.C=CCc1c(O)cccc1CO.C=CCc1c(OC)cccc1-c1cnco1.COc1cccc(-c2cnco2)c1CCN1CCC(n2ccc3ccc(C(N)=O)cc32)CC1. The van der Waals surface area contributed by atoms with E-state index in [4.69, 9.17) is 33.9 Å². The van der Waals surface area contributed by atoms with Crippen molar-refractivity contribution in [2.75, 3.05) is 41.0 Å². The minimum Gasteiger partial charge on any atom is -0.508 e. The molecule has 1 aliphatic rings. The van der Waals surface area contributed by atoms with Crippen molar-refractivity contribution >= 4 is 23.1 Å². The number of oxazole rings is 2. The first kappa shape index (κ1) is 54.9. The van der Waals surface area contributed by atoms with Crippen LogP contribution >= 0.6 is 0 Å². The molecule has 0 radical (unpaired) electrons. The zero-order valence-corrected chi connectivity index (χ0v) is 42.3. The number of rotatable bonds is 18. The number of carbonyl (C=O) groups is 2. The lowest BCUT2D eigenvalue weighted by molar-refractivity contribution is 0.0999. The number of nitrogens with two attached hydrogens (primary N) is 1. The van der Waals surface area contributed by atoms with E-state index in [1.807, 2.05) is 54.6 Å². The average Bonchev–Trinajstić information content (AvgIpc) is 4.26. The predicted octanol–water partition coefficient (Wildman–Crippen LogP) is 11.2. The summed E-state index contributed by atoms with van der Waals surface area (Å²) < 4.78 is 29.3. The zero-order valence-electron chi connectivity index (χ0n) is 42.3. The number of fused-ring (bicyclic) bond motifs is 1. The van der Waals surface area contributed by atoms with Crippen LogP contribution in [0.25, 0.3) is 33.6 Å². The zero-order chi connectivity index (χ0) is 52.8. The van der Waals surface area contributed by atoms with Crippen LogP contribution in [-0.2, 0) is 32.3 Å². The van der Waals surface area contributed by atoms with Crippen LogP contribution < -0.4 is 19.9 Å². The van der Waals surface area contributed by atoms with E-state index in [-0.39, 0.29) is 18.3 Å². The lowest BCUT2D eigenvalue weighted by atomic mass is 9.99. The first-order valence-electron chi connectivity index (χ1n) is 24.2. The third-order valence-electron chi connectivity index (χ3n) is 12.7. The van der Waals surface area contributed by atoms with Gasteiger partial charge in [0, 0.05) is 81.9 Å². The fraction of sp³-hybridized carbons (Fsp3) is 0.233. The van der Waals surface area contributed by atoms with Gasteiger partial charge in [-0.25, -0.2) is 9.97 Å². The molecular formula is C60H65N5O9. The molecule has 74 heavy (non-hydrogen) atoms. The summed E-state index contributed by atoms with van der Waals surface area (Å²) in [4.78, 5) is 32.8. The standard InChI is InChI=1S/C26H28N4O3.C13H13NO2.C11H12O2.C10H12O2/c1-32-24-4-2-3-21(25-16-28-17-33-25)22(24)10-13-29-11-8-20(9-12-29)30-14-7-18-5-6-19(26(27)31)15-23(18)30;1-3-5-10-11(13-8-14-9-16-13)6-4-7-12(10)15-2;1-3-5-10-9(8-12)6-4-7-11(10)13-2;1-2-4-9-8(7-11)5-3-6-10(9)12/h2-7,14-17,20H,8-13H2,1H3,(H2,27,31);3-4,6-9H,1,5H2,2H3;3-4,6-8H,1,5H2,2H3;2-3,5-6,11-12H,1,4,7H2. The molecule has 1 aliphatic heterocycles. The van der Waals surface area contributed by atoms with Gasteiger partial charge in [-0.05, 0) is 91.9 Å². The van der Waals surface area contributed by atoms with Crippen molar-refractivity contribution in [3.8, 4) is 45.6 Å². The number of methoxy groups -OCH3 is 3. The fourth-order valence-corrected chi connectivity index (χ4v) is 8.99. The Morgan fingerprint density at radius 2 is 1.28 bits per heavy atom. The molecule has 384 valence electrons. The van der Waals surface area contributed by atoms with Gasteiger partial charge in [0.05, 0.1) is 40.3 Å². The molecule has 4 heterocycles. The normalized spacial score (nSPS) is 12.2. The number of allylic oxidation sites excluding steroid dienone is 3. The Morgan fingerprint density at radius 3 is 1.84 bits per heavy atom. The van der Waals surface area contributed by atoms with Gasteiger partial charge in [0.1, 0.15) is 29.3 Å². The van der Waals surface area contributed by atoms with Crippen molar-refractivity contribution in [2.45, 2.75) is 51.2 Å². The summed E-state index contributed by atoms with van der Waals surface area (Å²) >= 11 is 0. The van der Waals surface area contributed by atoms with E-state index in [1.165, 1.54) is 12.8 Å². The van der Waals surface area contributed by atoms with Crippen LogP contribution in [0.5, 0.6) is 23.0 Å². The van der Waals surface area contributed by atoms with Crippen molar-refractivity contribution in [1.29, 1.82) is 0 Å². The molecule has 14 nitrogen and oxygen atoms in total. The maximum atomic E-state index is 11.6. The lowest BCUT2D eigenvalue weighted by Gasteiger charge is -2.33. The number of primary amides is 1. The van der Waals surface area contributed by atoms with E-state index >= 15 is 0 Å². The second kappa shape index (κ2) is 28.0. The van der Waals surface area contributed by atoms with Gasteiger partial charge in [-0.1, -0.05) is 72.8 Å². The Labute approximate surface area is 432 Å². The molecule has 4 N–H and O–H groups in total. The van der Waals surface area contributed by atoms with Gasteiger partial charge >= 0.3 is 0 Å². The summed E-state index contributed by atoms with van der Waals surface area (Å²) in [5.41, 5.74) is 14.5. The first-order chi connectivity index (χ1) is 36.1. The highest BCUT2D eigenvalue weighted by Gasteiger charge is 2.23. The number of hydrogen-bond acceptors (Lipinski definition) is 12. The molecule has 5 aromatic carbocycles. The molecule has 8 aromatic rings. The number of amides is 1. The quantitative estimate of drug-likeness (QED) is 0.0546. The molecule has 0 unspecified atom stereocenters. The third kappa shape index (κ3) is 13.9. The van der Waals surface area contributed by atoms with E-state index in [9.17, 15) is 14.7 Å². The van der Waals surface area contributed by atoms with Crippen molar-refractivity contribution in [3.05, 3.63) is 205 Å². The minimum atomic E-state index is -0.388. The summed E-state index contributed by atoms with van der Waals surface area (Å²) in [5, 5.41) is 19.5. The summed E-state index contributed by atoms with van der Waals surface area (Å²) in [6.07, 6.45) is 19.6. The average molecular weight is 1000 g/mol. The number of aromatic nitrogens is 3. The maximum Gasteiger partial charge on any atom is 0.248 e. The highest BCUT2D eigenvalue weighted by atomic mass is 16.5. The van der Waals surface area contributed by atoms with Gasteiger partial charge in [0.2, 0.25) is 5.91 Å². The van der Waals surface area contributed by atoms with E-state index in [2.05, 4.69) is 57.5 Å². The molecule has 0 saturated carbocycles. The van der Waals surface area contributed by atoms with Gasteiger partial charge in [0.25, 0.3) is 0 Å². The van der Waals surface area contributed by atoms with Gasteiger partial charge in [0.15, 0.2) is 24.3 Å². The number of nitrogens with zero attached hydrogens (tertiary/aromatic N) is 4. The van der Waals surface area contributed by atoms with E-state index in [1.54, 1.807) is 82.3 Å². The molecule has 1 fully saturated rings. The van der Waals surface area contributed by atoms with E-state index in [0.29, 0.717) is 30.0 Å². The summed E-state index contributed by atoms with van der Waals surface area (Å²) in [6.45, 7) is 13.9. The molecule has 0 spiro atoms. The Balaban J connectivity index is 0.000000181. The number of ether oxygens (including phenoxy) is 3. The van der Waals surface area contributed by atoms with Crippen LogP contribution in [0.1, 0.15) is 67.4 Å². The van der Waals surface area contributed by atoms with Gasteiger partial charge in [-0.15, -0.1) is 19.7 Å². The van der Waals surface area contributed by atoms with Gasteiger partial charge < -0.3 is 48.5 Å². The third-order valence-corrected chi connectivity index (χ3v) is 12.7. The lowest BCUT2D eigenvalue weighted by Crippen LogP contribution is -2.36. The molecule has 14 heteroatoms. The molecule has 0 aliphatic carbocycles. The summed E-state index contributed by atoms with van der Waals surface area (Å²) in [5.74, 6) is 3.80. The number of phenolic OH excluding ortho intramolecular Hbond substituents is 1. The molecule has 0 bridgehead atoms. The van der Waals surface area contributed by atoms with Crippen molar-refractivity contribution in [2.24, 2.45) is 5.73 Å². The van der Waals surface area contributed by atoms with E-state index in [0.717, 1.165) is 130 Å². The fourth-order valence-electron chi connectivity index (χ4n) is 8.99. The van der Waals surface area contributed by atoms with E-state index < -0.39 is 0 Å². The number of hydrogen-bond donors (Lipinski definition) is 3. The largest absolute Gasteiger partial charge is 0.508 e. The van der Waals surface area contributed by atoms with Crippen molar-refractivity contribution in [1.82, 2.24) is 19.4 Å². The van der Waals surface area contributed by atoms with Crippen LogP contribution in [0.15, 0.2) is 175 Å². The molecule has 0 atom stereocenters. The highest BCUT2D eigenvalue weighted by molar-refractivity contribution is 5.97. The monoisotopic (exact) mass is 999 g/mol. The summed E-state index contributed by atoms with van der Waals surface area (Å²) in [6, 6.07) is 30.6. The maximum absolute atomic E-state index is 11.6. The number of aliphatic hydroxyl groups excluding tert-OH is 1. The smallest absolute Gasteiger partial charge is 0.248 e. The Kier molecular flexibility index (Phi) is 20.7. The van der Waals surface area contributed by atoms with Crippen LogP contribution in [0.4, 0.5) is 0 Å². The van der Waals surface area contributed by atoms with Gasteiger partial charge in [-0.2, -0.15) is 0 Å². The number of aliphatic hydroxyl groups is 1. The van der Waals surface area contributed by atoms with Crippen LogP contribution in [-0.4, -0.2) is 82.8 Å². The molecule has 1 saturated heterocycles. The van der Waals surface area contributed by atoms with Crippen molar-refractivity contribution in [3.63, 3.8) is 0 Å². The number of piperidine rings is 1. The predicted molar refractivity (Wildman–Crippen MR) is 290 cm³/mol. The molecular weight excluding hydrogens is 935 g/mol. The number of likely N-dealkylation sites (tertiary alicyclic amines) is 1.